The Balaban J connectivity index is 2.10. The van der Waals surface area contributed by atoms with Crippen molar-refractivity contribution in [1.29, 1.82) is 0 Å². The molecule has 2 N–H and O–H groups in total. The van der Waals surface area contributed by atoms with Crippen LogP contribution in [0.1, 0.15) is 56.4 Å². The van der Waals surface area contributed by atoms with Crippen molar-refractivity contribution in [2.24, 2.45) is 11.7 Å². The van der Waals surface area contributed by atoms with E-state index in [1.807, 2.05) is 0 Å². The molecule has 1 atom stereocenters. The number of nitrogens with zero attached hydrogens (tertiary/aromatic N) is 1. The molecule has 1 aliphatic carbocycles. The van der Waals surface area contributed by atoms with Gasteiger partial charge < -0.3 is 10.5 Å². The topological polar surface area (TPSA) is 48.1 Å². The summed E-state index contributed by atoms with van der Waals surface area (Å²) in [5.41, 5.74) is 9.49. The maximum absolute atomic E-state index is 5.92. The Morgan fingerprint density at radius 3 is 2.89 bits per heavy atom. The van der Waals surface area contributed by atoms with E-state index in [1.54, 1.807) is 0 Å². The quantitative estimate of drug-likeness (QED) is 0.856. The normalized spacial score (nSPS) is 15.9. The zero-order chi connectivity index (χ0) is 13.7. The van der Waals surface area contributed by atoms with Crippen molar-refractivity contribution < 1.29 is 4.74 Å². The van der Waals surface area contributed by atoms with Crippen molar-refractivity contribution in [3.8, 4) is 5.88 Å². The Labute approximate surface area is 116 Å². The molecule has 0 saturated carbocycles. The summed E-state index contributed by atoms with van der Waals surface area (Å²) in [6.07, 6.45) is 7.14. The molecule has 2 rings (SSSR count). The van der Waals surface area contributed by atoms with Crippen molar-refractivity contribution in [3.05, 3.63) is 22.9 Å². The minimum Gasteiger partial charge on any atom is -0.477 e. The summed E-state index contributed by atoms with van der Waals surface area (Å²) in [7, 11) is 0. The van der Waals surface area contributed by atoms with Gasteiger partial charge in [0.25, 0.3) is 0 Å². The molecule has 3 nitrogen and oxygen atoms in total. The number of nitrogens with two attached hydrogens (primary N) is 1. The van der Waals surface area contributed by atoms with Crippen LogP contribution < -0.4 is 10.5 Å². The van der Waals surface area contributed by atoms with Crippen LogP contribution in [0, 0.1) is 5.92 Å². The van der Waals surface area contributed by atoms with Gasteiger partial charge in [-0.15, -0.1) is 0 Å². The van der Waals surface area contributed by atoms with Crippen molar-refractivity contribution in [2.45, 2.75) is 58.9 Å². The first-order valence-corrected chi connectivity index (χ1v) is 7.59. The third-order valence-electron chi connectivity index (χ3n) is 3.85. The fraction of sp³-hybridized carbons (Fsp3) is 0.688. The first-order chi connectivity index (χ1) is 9.24. The molecule has 3 heteroatoms. The third kappa shape index (κ3) is 3.69. The number of aryl methyl sites for hydroxylation is 2. The van der Waals surface area contributed by atoms with E-state index in [2.05, 4.69) is 19.9 Å². The molecule has 1 aromatic rings. The molecule has 1 aromatic heterocycles. The second kappa shape index (κ2) is 6.90. The zero-order valence-corrected chi connectivity index (χ0v) is 12.2. The number of fused-ring (bicyclic) bond motifs is 1. The van der Waals surface area contributed by atoms with Crippen molar-refractivity contribution >= 4 is 0 Å². The van der Waals surface area contributed by atoms with Gasteiger partial charge in [0.15, 0.2) is 0 Å². The molecule has 0 radical (unpaired) electrons. The molecule has 1 heterocycles. The van der Waals surface area contributed by atoms with Gasteiger partial charge in [-0.1, -0.05) is 20.3 Å². The van der Waals surface area contributed by atoms with Crippen molar-refractivity contribution in [3.63, 3.8) is 0 Å². The minimum absolute atomic E-state index is 0.512. The smallest absolute Gasteiger partial charge is 0.218 e. The van der Waals surface area contributed by atoms with Crippen LogP contribution in [0.25, 0.3) is 0 Å². The maximum atomic E-state index is 5.92. The summed E-state index contributed by atoms with van der Waals surface area (Å²) in [6.45, 7) is 5.69. The predicted molar refractivity (Wildman–Crippen MR) is 78.3 cm³/mol. The van der Waals surface area contributed by atoms with Gasteiger partial charge in [-0.25, -0.2) is 4.98 Å². The van der Waals surface area contributed by atoms with Gasteiger partial charge in [0.2, 0.25) is 5.88 Å². The Morgan fingerprint density at radius 2 is 2.16 bits per heavy atom. The van der Waals surface area contributed by atoms with E-state index >= 15 is 0 Å². The zero-order valence-electron chi connectivity index (χ0n) is 12.2. The summed E-state index contributed by atoms with van der Waals surface area (Å²) in [6, 6.07) is 2.21. The molecule has 19 heavy (non-hydrogen) atoms. The van der Waals surface area contributed by atoms with E-state index in [9.17, 15) is 0 Å². The van der Waals surface area contributed by atoms with Crippen LogP contribution >= 0.6 is 0 Å². The van der Waals surface area contributed by atoms with E-state index in [4.69, 9.17) is 15.5 Å². The second-order valence-corrected chi connectivity index (χ2v) is 5.67. The summed E-state index contributed by atoms with van der Waals surface area (Å²) in [4.78, 5) is 4.71. The lowest BCUT2D eigenvalue weighted by atomic mass is 9.95. The molecule has 0 spiro atoms. The Bertz CT molecular complexity index is 417. The number of hydrogen-bond acceptors (Lipinski definition) is 3. The van der Waals surface area contributed by atoms with Gasteiger partial charge in [-0.2, -0.15) is 0 Å². The van der Waals surface area contributed by atoms with Gasteiger partial charge in [-0.3, -0.25) is 0 Å². The van der Waals surface area contributed by atoms with E-state index < -0.39 is 0 Å². The fourth-order valence-electron chi connectivity index (χ4n) is 2.73. The molecule has 1 aliphatic rings. The monoisotopic (exact) mass is 262 g/mol. The molecular weight excluding hydrogens is 236 g/mol. The Hall–Kier alpha value is -1.09. The third-order valence-corrected chi connectivity index (χ3v) is 3.85. The van der Waals surface area contributed by atoms with Crippen molar-refractivity contribution in [2.75, 3.05) is 6.61 Å². The van der Waals surface area contributed by atoms with Crippen LogP contribution in [-0.4, -0.2) is 11.6 Å². The minimum atomic E-state index is 0.512. The first-order valence-electron chi connectivity index (χ1n) is 7.59. The number of pyridine rings is 1. The average molecular weight is 262 g/mol. The highest BCUT2D eigenvalue weighted by Crippen LogP contribution is 2.26. The summed E-state index contributed by atoms with van der Waals surface area (Å²) in [5.74, 6) is 1.35. The molecule has 0 aliphatic heterocycles. The molecule has 0 bridgehead atoms. The Kier molecular flexibility index (Phi) is 5.20. The highest BCUT2D eigenvalue weighted by atomic mass is 16.5. The van der Waals surface area contributed by atoms with E-state index in [0.717, 1.165) is 30.9 Å². The molecular formula is C16H26N2O. The van der Waals surface area contributed by atoms with Crippen LogP contribution in [-0.2, 0) is 19.4 Å². The van der Waals surface area contributed by atoms with Crippen molar-refractivity contribution in [1.82, 2.24) is 4.98 Å². The fourth-order valence-corrected chi connectivity index (χ4v) is 2.73. The van der Waals surface area contributed by atoms with E-state index in [1.165, 1.54) is 36.9 Å². The number of ether oxygens (including phenoxy) is 1. The average Bonchev–Trinajstić information content (AvgIpc) is 2.44. The van der Waals surface area contributed by atoms with Gasteiger partial charge in [0.1, 0.15) is 0 Å². The highest BCUT2D eigenvalue weighted by molar-refractivity contribution is 5.35. The maximum Gasteiger partial charge on any atom is 0.218 e. The second-order valence-electron chi connectivity index (χ2n) is 5.67. The largest absolute Gasteiger partial charge is 0.477 e. The summed E-state index contributed by atoms with van der Waals surface area (Å²) >= 11 is 0. The van der Waals surface area contributed by atoms with Crippen LogP contribution in [0.2, 0.25) is 0 Å². The lowest BCUT2D eigenvalue weighted by molar-refractivity contribution is 0.240. The highest BCUT2D eigenvalue weighted by Gasteiger charge is 2.15. The molecule has 106 valence electrons. The lowest BCUT2D eigenvalue weighted by Gasteiger charge is -2.19. The molecule has 0 saturated heterocycles. The van der Waals surface area contributed by atoms with Crippen LogP contribution in [0.4, 0.5) is 0 Å². The standard InChI is InChI=1S/C16H26N2O/c1-3-6-12(2)11-19-16-14(10-17)9-13-7-4-5-8-15(13)18-16/h9,12H,3-8,10-11,17H2,1-2H3. The molecule has 1 unspecified atom stereocenters. The van der Waals surface area contributed by atoms with Gasteiger partial charge in [-0.05, 0) is 49.7 Å². The molecule has 0 amide bonds. The number of rotatable bonds is 6. The summed E-state index contributed by atoms with van der Waals surface area (Å²) < 4.78 is 5.92. The number of hydrogen-bond donors (Lipinski definition) is 1. The predicted octanol–water partition coefficient (Wildman–Crippen LogP) is 3.23. The SMILES string of the molecule is CCCC(C)COc1nc2c(cc1CN)CCCC2. The van der Waals surface area contributed by atoms with Crippen LogP contribution in [0.3, 0.4) is 0 Å². The van der Waals surface area contributed by atoms with Crippen LogP contribution in [0.5, 0.6) is 5.88 Å². The lowest BCUT2D eigenvalue weighted by Crippen LogP contribution is -2.14. The van der Waals surface area contributed by atoms with Gasteiger partial charge >= 0.3 is 0 Å². The Morgan fingerprint density at radius 1 is 1.37 bits per heavy atom. The number of aromatic nitrogens is 1. The van der Waals surface area contributed by atoms with Gasteiger partial charge in [0, 0.05) is 17.8 Å². The summed E-state index contributed by atoms with van der Waals surface area (Å²) in [5, 5.41) is 0. The van der Waals surface area contributed by atoms with Gasteiger partial charge in [0.05, 0.1) is 6.61 Å². The first kappa shape index (κ1) is 14.3. The van der Waals surface area contributed by atoms with E-state index in [-0.39, 0.29) is 0 Å². The molecule has 0 fully saturated rings. The van der Waals surface area contributed by atoms with Crippen LogP contribution in [0.15, 0.2) is 6.07 Å². The van der Waals surface area contributed by atoms with E-state index in [0.29, 0.717) is 12.5 Å². The molecule has 0 aromatic carbocycles.